The van der Waals surface area contributed by atoms with Crippen molar-refractivity contribution >= 4 is 8.32 Å². The van der Waals surface area contributed by atoms with E-state index in [1.54, 1.807) is 0 Å². The van der Waals surface area contributed by atoms with Gasteiger partial charge in [0.05, 0.1) is 0 Å². The van der Waals surface area contributed by atoms with Crippen molar-refractivity contribution in [2.24, 2.45) is 0 Å². The molecule has 0 spiro atoms. The van der Waals surface area contributed by atoms with E-state index in [-0.39, 0.29) is 0 Å². The Morgan fingerprint density at radius 3 is 2.07 bits per heavy atom. The van der Waals surface area contributed by atoms with E-state index in [1.807, 2.05) is 5.70 Å². The molecule has 0 amide bonds. The summed E-state index contributed by atoms with van der Waals surface area (Å²) in [5.41, 5.74) is 4.44. The monoisotopic (exact) mass is 206 g/mol. The Kier molecular flexibility index (Phi) is 3.16. The molecule has 14 heavy (non-hydrogen) atoms. The van der Waals surface area contributed by atoms with E-state index in [2.05, 4.69) is 51.7 Å². The molecule has 76 valence electrons. The first kappa shape index (κ1) is 11.1. The van der Waals surface area contributed by atoms with Crippen molar-refractivity contribution in [3.05, 3.63) is 41.6 Å². The van der Waals surface area contributed by atoms with Gasteiger partial charge in [0.15, 0.2) is 0 Å². The Labute approximate surface area is 87.5 Å². The molecule has 0 aliphatic rings. The Hall–Kier alpha value is -1.02. The topological polar surface area (TPSA) is 9.23 Å². The van der Waals surface area contributed by atoms with Gasteiger partial charge in [-0.05, 0) is 50.2 Å². The Morgan fingerprint density at radius 1 is 1.14 bits per heavy atom. The maximum atomic E-state index is 5.93. The second-order valence-electron chi connectivity index (χ2n) is 4.23. The molecule has 2 heteroatoms. The first-order chi connectivity index (χ1) is 6.43. The highest BCUT2D eigenvalue weighted by Crippen LogP contribution is 2.20. The van der Waals surface area contributed by atoms with Crippen LogP contribution < -0.4 is 4.43 Å². The first-order valence-corrected chi connectivity index (χ1v) is 7.82. The van der Waals surface area contributed by atoms with Gasteiger partial charge in [0.1, 0.15) is 5.75 Å². The lowest BCUT2D eigenvalue weighted by Crippen LogP contribution is -2.31. The van der Waals surface area contributed by atoms with Crippen molar-refractivity contribution in [3.63, 3.8) is 0 Å². The van der Waals surface area contributed by atoms with Gasteiger partial charge in [0.25, 0.3) is 8.32 Å². The summed E-state index contributed by atoms with van der Waals surface area (Å²) in [6.07, 6.45) is 0. The lowest BCUT2D eigenvalue weighted by molar-refractivity contribution is 0.562. The molecule has 0 aromatic heterocycles. The van der Waals surface area contributed by atoms with Crippen LogP contribution in [0, 0.1) is 13.8 Å². The number of rotatable bonds is 3. The third-order valence-corrected chi connectivity index (χ3v) is 3.81. The van der Waals surface area contributed by atoms with Crippen LogP contribution in [0.4, 0.5) is 0 Å². The minimum atomic E-state index is -1.70. The number of hydrogen-bond donors (Lipinski definition) is 0. The number of aryl methyl sites for hydroxylation is 2. The van der Waals surface area contributed by atoms with Gasteiger partial charge >= 0.3 is 0 Å². The van der Waals surface area contributed by atoms with Gasteiger partial charge < -0.3 is 4.43 Å². The average Bonchev–Trinajstić information content (AvgIpc) is 2.01. The minimum Gasteiger partial charge on any atom is -0.540 e. The van der Waals surface area contributed by atoms with Gasteiger partial charge in [0.2, 0.25) is 0 Å². The van der Waals surface area contributed by atoms with Crippen LogP contribution in [0.5, 0.6) is 5.75 Å². The number of benzene rings is 1. The van der Waals surface area contributed by atoms with Crippen LogP contribution in [0.2, 0.25) is 13.1 Å². The minimum absolute atomic E-state index is 0.971. The normalized spacial score (nSPS) is 11.1. The van der Waals surface area contributed by atoms with Crippen LogP contribution in [0.1, 0.15) is 11.1 Å². The first-order valence-electron chi connectivity index (χ1n) is 4.84. The summed E-state index contributed by atoms with van der Waals surface area (Å²) >= 11 is 0. The van der Waals surface area contributed by atoms with E-state index in [1.165, 1.54) is 11.1 Å². The third-order valence-electron chi connectivity index (χ3n) is 2.07. The molecule has 0 saturated heterocycles. The molecule has 0 bridgehead atoms. The fourth-order valence-electron chi connectivity index (χ4n) is 1.34. The number of hydrogen-bond acceptors (Lipinski definition) is 1. The highest BCUT2D eigenvalue weighted by atomic mass is 28.4. The van der Waals surface area contributed by atoms with Crippen molar-refractivity contribution in [3.8, 4) is 5.75 Å². The smallest absolute Gasteiger partial charge is 0.269 e. The Bertz CT molecular complexity index is 322. The molecule has 1 aromatic rings. The van der Waals surface area contributed by atoms with Crippen LogP contribution in [0.15, 0.2) is 30.5 Å². The van der Waals surface area contributed by atoms with Crippen molar-refractivity contribution < 1.29 is 4.43 Å². The molecule has 0 N–H and O–H groups in total. The zero-order chi connectivity index (χ0) is 10.8. The standard InChI is InChI=1S/C12H18OSi/c1-6-14(4,5)13-12-8-10(2)7-11(3)9-12/h6-9H,1H2,2-5H3. The van der Waals surface area contributed by atoms with E-state index in [0.717, 1.165) is 5.75 Å². The summed E-state index contributed by atoms with van der Waals surface area (Å²) in [6.45, 7) is 12.3. The van der Waals surface area contributed by atoms with E-state index < -0.39 is 8.32 Å². The third kappa shape index (κ3) is 3.03. The second kappa shape index (κ2) is 4.01. The average molecular weight is 206 g/mol. The van der Waals surface area contributed by atoms with E-state index in [4.69, 9.17) is 4.43 Å². The summed E-state index contributed by atoms with van der Waals surface area (Å²) in [4.78, 5) is 0. The van der Waals surface area contributed by atoms with Crippen LogP contribution in [0.25, 0.3) is 0 Å². The fraction of sp³-hybridized carbons (Fsp3) is 0.333. The molecule has 0 saturated carbocycles. The van der Waals surface area contributed by atoms with Crippen molar-refractivity contribution in [2.75, 3.05) is 0 Å². The predicted molar refractivity (Wildman–Crippen MR) is 64.2 cm³/mol. The zero-order valence-corrected chi connectivity index (χ0v) is 10.4. The van der Waals surface area contributed by atoms with Gasteiger partial charge in [0, 0.05) is 0 Å². The molecule has 0 heterocycles. The van der Waals surface area contributed by atoms with Gasteiger partial charge in [-0.15, -0.1) is 6.58 Å². The summed E-state index contributed by atoms with van der Waals surface area (Å²) in [7, 11) is -1.70. The predicted octanol–water partition coefficient (Wildman–Crippen LogP) is 3.61. The maximum Gasteiger partial charge on any atom is 0.269 e. The van der Waals surface area contributed by atoms with Crippen molar-refractivity contribution in [2.45, 2.75) is 26.9 Å². The molecule has 0 unspecified atom stereocenters. The van der Waals surface area contributed by atoms with Crippen LogP contribution in [-0.2, 0) is 0 Å². The van der Waals surface area contributed by atoms with E-state index in [9.17, 15) is 0 Å². The Balaban J connectivity index is 2.92. The highest BCUT2D eigenvalue weighted by molar-refractivity contribution is 6.76. The van der Waals surface area contributed by atoms with E-state index >= 15 is 0 Å². The lowest BCUT2D eigenvalue weighted by atomic mass is 10.1. The largest absolute Gasteiger partial charge is 0.540 e. The van der Waals surface area contributed by atoms with E-state index in [0.29, 0.717) is 0 Å². The maximum absolute atomic E-state index is 5.93. The van der Waals surface area contributed by atoms with Crippen LogP contribution in [-0.4, -0.2) is 8.32 Å². The highest BCUT2D eigenvalue weighted by Gasteiger charge is 2.19. The molecule has 1 rings (SSSR count). The van der Waals surface area contributed by atoms with Gasteiger partial charge in [-0.3, -0.25) is 0 Å². The van der Waals surface area contributed by atoms with Gasteiger partial charge in [-0.1, -0.05) is 11.8 Å². The molecule has 0 fully saturated rings. The second-order valence-corrected chi connectivity index (χ2v) is 8.05. The molecule has 0 aliphatic heterocycles. The molecule has 0 radical (unpaired) electrons. The van der Waals surface area contributed by atoms with Crippen LogP contribution >= 0.6 is 0 Å². The van der Waals surface area contributed by atoms with Crippen molar-refractivity contribution in [1.82, 2.24) is 0 Å². The van der Waals surface area contributed by atoms with Crippen molar-refractivity contribution in [1.29, 1.82) is 0 Å². The van der Waals surface area contributed by atoms with Gasteiger partial charge in [-0.2, -0.15) is 0 Å². The summed E-state index contributed by atoms with van der Waals surface area (Å²) < 4.78 is 5.93. The lowest BCUT2D eigenvalue weighted by Gasteiger charge is -2.20. The molecule has 1 aromatic carbocycles. The Morgan fingerprint density at radius 2 is 1.64 bits per heavy atom. The summed E-state index contributed by atoms with van der Waals surface area (Å²) in [5.74, 6) is 0.971. The SMILES string of the molecule is C=C[Si](C)(C)Oc1cc(C)cc(C)c1. The fourth-order valence-corrected chi connectivity index (χ4v) is 2.15. The van der Waals surface area contributed by atoms with Gasteiger partial charge in [-0.25, -0.2) is 0 Å². The molecular weight excluding hydrogens is 188 g/mol. The molecule has 1 nitrogen and oxygen atoms in total. The van der Waals surface area contributed by atoms with Crippen LogP contribution in [0.3, 0.4) is 0 Å². The quantitative estimate of drug-likeness (QED) is 0.686. The summed E-state index contributed by atoms with van der Waals surface area (Å²) in [6, 6.07) is 6.30. The zero-order valence-electron chi connectivity index (χ0n) is 9.42. The molecule has 0 atom stereocenters. The summed E-state index contributed by atoms with van der Waals surface area (Å²) in [5, 5.41) is 0. The molecular formula is C12H18OSi. The molecule has 0 aliphatic carbocycles.